The van der Waals surface area contributed by atoms with Gasteiger partial charge in [0.25, 0.3) is 0 Å². The molecule has 4 rings (SSSR count). The molecule has 0 saturated carbocycles. The zero-order valence-corrected chi connectivity index (χ0v) is 11.6. The standard InChI is InChI=1S/C18H14N2O/c1-20-17-8-5-12(16-4-2-3-9-19-16)10-15(17)14-7-6-13(21)11-18(14)20/h2-11,21H,1H3. The predicted molar refractivity (Wildman–Crippen MR) is 85.3 cm³/mol. The number of hydrogen-bond donors (Lipinski definition) is 1. The summed E-state index contributed by atoms with van der Waals surface area (Å²) in [5.41, 5.74) is 4.25. The fourth-order valence-electron chi connectivity index (χ4n) is 2.89. The molecule has 21 heavy (non-hydrogen) atoms. The summed E-state index contributed by atoms with van der Waals surface area (Å²) in [6, 6.07) is 17.8. The van der Waals surface area contributed by atoms with Crippen LogP contribution in [0, 0.1) is 0 Å². The molecule has 0 unspecified atom stereocenters. The lowest BCUT2D eigenvalue weighted by atomic mass is 10.1. The predicted octanol–water partition coefficient (Wildman–Crippen LogP) is 4.10. The van der Waals surface area contributed by atoms with Crippen LogP contribution in [-0.4, -0.2) is 14.7 Å². The molecule has 3 heteroatoms. The number of hydrogen-bond acceptors (Lipinski definition) is 2. The Morgan fingerprint density at radius 1 is 0.905 bits per heavy atom. The highest BCUT2D eigenvalue weighted by Crippen LogP contribution is 2.32. The Kier molecular flexibility index (Phi) is 2.48. The third kappa shape index (κ3) is 1.78. The van der Waals surface area contributed by atoms with E-state index < -0.39 is 0 Å². The molecule has 0 spiro atoms. The first-order valence-electron chi connectivity index (χ1n) is 6.86. The topological polar surface area (TPSA) is 38.0 Å². The lowest BCUT2D eigenvalue weighted by Gasteiger charge is -2.02. The summed E-state index contributed by atoms with van der Waals surface area (Å²) < 4.78 is 2.10. The number of fused-ring (bicyclic) bond motifs is 3. The zero-order chi connectivity index (χ0) is 14.4. The summed E-state index contributed by atoms with van der Waals surface area (Å²) in [6.07, 6.45) is 1.81. The van der Waals surface area contributed by atoms with E-state index in [2.05, 4.69) is 27.8 Å². The molecule has 0 amide bonds. The molecule has 0 saturated heterocycles. The van der Waals surface area contributed by atoms with Crippen LogP contribution in [0.5, 0.6) is 5.75 Å². The van der Waals surface area contributed by atoms with Crippen LogP contribution in [0.15, 0.2) is 60.8 Å². The van der Waals surface area contributed by atoms with Crippen molar-refractivity contribution in [1.29, 1.82) is 0 Å². The van der Waals surface area contributed by atoms with Crippen molar-refractivity contribution in [3.05, 3.63) is 60.8 Å². The van der Waals surface area contributed by atoms with Gasteiger partial charge in [-0.25, -0.2) is 0 Å². The molecule has 2 aromatic carbocycles. The Balaban J connectivity index is 2.06. The van der Waals surface area contributed by atoms with Crippen LogP contribution in [0.4, 0.5) is 0 Å². The van der Waals surface area contributed by atoms with Crippen molar-refractivity contribution in [2.45, 2.75) is 0 Å². The molecule has 0 aliphatic carbocycles. The Labute approximate surface area is 122 Å². The van der Waals surface area contributed by atoms with Gasteiger partial charge >= 0.3 is 0 Å². The summed E-state index contributed by atoms with van der Waals surface area (Å²) in [5.74, 6) is 0.290. The summed E-state index contributed by atoms with van der Waals surface area (Å²) in [6.45, 7) is 0. The molecule has 3 nitrogen and oxygen atoms in total. The number of phenolic OH excluding ortho intramolecular Hbond substituents is 1. The molecule has 0 atom stereocenters. The lowest BCUT2D eigenvalue weighted by Crippen LogP contribution is -1.86. The molecule has 102 valence electrons. The fourth-order valence-corrected chi connectivity index (χ4v) is 2.89. The Morgan fingerprint density at radius 2 is 1.81 bits per heavy atom. The summed E-state index contributed by atoms with van der Waals surface area (Å²) in [5, 5.41) is 12.0. The molecule has 2 heterocycles. The molecule has 0 aliphatic heterocycles. The second kappa shape index (κ2) is 4.35. The van der Waals surface area contributed by atoms with Gasteiger partial charge in [0.05, 0.1) is 11.2 Å². The van der Waals surface area contributed by atoms with Gasteiger partial charge in [0.1, 0.15) is 5.75 Å². The summed E-state index contributed by atoms with van der Waals surface area (Å²) in [7, 11) is 2.02. The normalized spacial score (nSPS) is 11.3. The Bertz CT molecular complexity index is 955. The number of aromatic nitrogens is 2. The van der Waals surface area contributed by atoms with Crippen LogP contribution >= 0.6 is 0 Å². The first-order valence-corrected chi connectivity index (χ1v) is 6.86. The van der Waals surface area contributed by atoms with E-state index in [-0.39, 0.29) is 0 Å². The van der Waals surface area contributed by atoms with E-state index in [9.17, 15) is 5.11 Å². The van der Waals surface area contributed by atoms with Crippen molar-refractivity contribution < 1.29 is 5.11 Å². The van der Waals surface area contributed by atoms with Crippen molar-refractivity contribution >= 4 is 21.8 Å². The third-order valence-electron chi connectivity index (χ3n) is 3.95. The van der Waals surface area contributed by atoms with Gasteiger partial charge in [-0.15, -0.1) is 0 Å². The molecule has 0 fully saturated rings. The maximum absolute atomic E-state index is 9.69. The number of rotatable bonds is 1. The SMILES string of the molecule is Cn1c2ccc(-c3ccccn3)cc2c2ccc(O)cc21. The van der Waals surface area contributed by atoms with Crippen LogP contribution in [0.25, 0.3) is 33.1 Å². The van der Waals surface area contributed by atoms with Crippen LogP contribution < -0.4 is 0 Å². The van der Waals surface area contributed by atoms with E-state index in [0.717, 1.165) is 27.7 Å². The maximum atomic E-state index is 9.69. The largest absolute Gasteiger partial charge is 0.508 e. The first-order chi connectivity index (χ1) is 10.2. The summed E-state index contributed by atoms with van der Waals surface area (Å²) >= 11 is 0. The third-order valence-corrected chi connectivity index (χ3v) is 3.95. The van der Waals surface area contributed by atoms with Crippen LogP contribution in [-0.2, 0) is 7.05 Å². The molecule has 0 radical (unpaired) electrons. The number of aromatic hydroxyl groups is 1. The summed E-state index contributed by atoms with van der Waals surface area (Å²) in [4.78, 5) is 4.41. The van der Waals surface area contributed by atoms with E-state index >= 15 is 0 Å². The average molecular weight is 274 g/mol. The second-order valence-corrected chi connectivity index (χ2v) is 5.21. The fraction of sp³-hybridized carbons (Fsp3) is 0.0556. The smallest absolute Gasteiger partial charge is 0.117 e. The monoisotopic (exact) mass is 274 g/mol. The molecule has 2 aromatic heterocycles. The molecular formula is C18H14N2O. The molecular weight excluding hydrogens is 260 g/mol. The highest BCUT2D eigenvalue weighted by molar-refractivity contribution is 6.09. The van der Waals surface area contributed by atoms with Gasteiger partial charge in [0.2, 0.25) is 0 Å². The number of aryl methyl sites for hydroxylation is 1. The van der Waals surface area contributed by atoms with E-state index in [1.54, 1.807) is 18.3 Å². The van der Waals surface area contributed by atoms with E-state index in [4.69, 9.17) is 0 Å². The van der Waals surface area contributed by atoms with Gasteiger partial charge in [-0.1, -0.05) is 12.1 Å². The van der Waals surface area contributed by atoms with Gasteiger partial charge in [-0.2, -0.15) is 0 Å². The van der Waals surface area contributed by atoms with Gasteiger partial charge in [0, 0.05) is 41.2 Å². The number of benzene rings is 2. The number of phenols is 1. The maximum Gasteiger partial charge on any atom is 0.117 e. The number of nitrogens with zero attached hydrogens (tertiary/aromatic N) is 2. The van der Waals surface area contributed by atoms with Crippen LogP contribution in [0.1, 0.15) is 0 Å². The Hall–Kier alpha value is -2.81. The zero-order valence-electron chi connectivity index (χ0n) is 11.6. The van der Waals surface area contributed by atoms with E-state index in [0.29, 0.717) is 5.75 Å². The average Bonchev–Trinajstić information content (AvgIpc) is 2.80. The van der Waals surface area contributed by atoms with Gasteiger partial charge in [-0.05, 0) is 36.4 Å². The van der Waals surface area contributed by atoms with Crippen molar-refractivity contribution in [1.82, 2.24) is 9.55 Å². The minimum Gasteiger partial charge on any atom is -0.508 e. The first kappa shape index (κ1) is 12.0. The Morgan fingerprint density at radius 3 is 2.62 bits per heavy atom. The van der Waals surface area contributed by atoms with Gasteiger partial charge in [-0.3, -0.25) is 4.98 Å². The van der Waals surface area contributed by atoms with Crippen LogP contribution in [0.2, 0.25) is 0 Å². The second-order valence-electron chi connectivity index (χ2n) is 5.21. The lowest BCUT2D eigenvalue weighted by molar-refractivity contribution is 0.476. The minimum atomic E-state index is 0.290. The van der Waals surface area contributed by atoms with Crippen molar-refractivity contribution in [3.8, 4) is 17.0 Å². The van der Waals surface area contributed by atoms with E-state index in [1.807, 2.05) is 31.3 Å². The molecule has 0 aliphatic rings. The minimum absolute atomic E-state index is 0.290. The molecule has 1 N–H and O–H groups in total. The van der Waals surface area contributed by atoms with Gasteiger partial charge in [0.15, 0.2) is 0 Å². The quantitative estimate of drug-likeness (QED) is 0.567. The molecule has 4 aromatic rings. The van der Waals surface area contributed by atoms with E-state index in [1.165, 1.54) is 5.39 Å². The van der Waals surface area contributed by atoms with Crippen molar-refractivity contribution in [3.63, 3.8) is 0 Å². The number of pyridine rings is 1. The van der Waals surface area contributed by atoms with Crippen LogP contribution in [0.3, 0.4) is 0 Å². The highest BCUT2D eigenvalue weighted by atomic mass is 16.3. The molecule has 0 bridgehead atoms. The van der Waals surface area contributed by atoms with Crippen molar-refractivity contribution in [2.24, 2.45) is 7.05 Å². The van der Waals surface area contributed by atoms with Gasteiger partial charge < -0.3 is 9.67 Å². The highest BCUT2D eigenvalue weighted by Gasteiger charge is 2.10. The van der Waals surface area contributed by atoms with Crippen molar-refractivity contribution in [2.75, 3.05) is 0 Å².